The van der Waals surface area contributed by atoms with E-state index in [9.17, 15) is 17.6 Å². The van der Waals surface area contributed by atoms with E-state index in [-0.39, 0.29) is 16.5 Å². The number of aromatic nitrogens is 1. The van der Waals surface area contributed by atoms with Gasteiger partial charge in [-0.15, -0.1) is 11.3 Å². The number of rotatable bonds is 6. The third-order valence-electron chi connectivity index (χ3n) is 4.35. The number of aryl methyl sites for hydroxylation is 1. The van der Waals surface area contributed by atoms with Crippen LogP contribution in [0, 0.1) is 19.7 Å². The summed E-state index contributed by atoms with van der Waals surface area (Å²) in [6.07, 6.45) is 0. The molecule has 3 aromatic rings. The van der Waals surface area contributed by atoms with Gasteiger partial charge in [-0.2, -0.15) is 4.31 Å². The third-order valence-corrected chi connectivity index (χ3v) is 7.53. The minimum absolute atomic E-state index is 0.189. The topological polar surface area (TPSA) is 59.4 Å². The van der Waals surface area contributed by atoms with Crippen molar-refractivity contribution in [2.24, 2.45) is 0 Å². The Morgan fingerprint density at radius 2 is 1.89 bits per heavy atom. The number of hydrogen-bond donors (Lipinski definition) is 0. The van der Waals surface area contributed by atoms with Gasteiger partial charge in [-0.25, -0.2) is 12.8 Å². The van der Waals surface area contributed by atoms with Gasteiger partial charge in [-0.3, -0.25) is 4.79 Å². The van der Waals surface area contributed by atoms with Crippen molar-refractivity contribution in [3.05, 3.63) is 70.6 Å². The van der Waals surface area contributed by atoms with E-state index in [4.69, 9.17) is 0 Å². The zero-order chi connectivity index (χ0) is 19.8. The fourth-order valence-electron chi connectivity index (χ4n) is 2.99. The summed E-state index contributed by atoms with van der Waals surface area (Å²) in [7, 11) is -2.33. The number of benzene rings is 1. The zero-order valence-corrected chi connectivity index (χ0v) is 16.8. The van der Waals surface area contributed by atoms with Crippen molar-refractivity contribution in [2.75, 3.05) is 13.6 Å². The van der Waals surface area contributed by atoms with E-state index in [1.54, 1.807) is 54.1 Å². The van der Waals surface area contributed by atoms with Crippen LogP contribution in [0.5, 0.6) is 0 Å². The Bertz CT molecular complexity index is 1090. The molecular weight excluding hydrogens is 387 g/mol. The van der Waals surface area contributed by atoms with Gasteiger partial charge in [0.2, 0.25) is 0 Å². The van der Waals surface area contributed by atoms with Crippen LogP contribution in [0.15, 0.2) is 52.1 Å². The fourth-order valence-corrected chi connectivity index (χ4v) is 5.31. The Kier molecular flexibility index (Phi) is 5.32. The molecule has 0 fully saturated rings. The maximum atomic E-state index is 14.2. The predicted octanol–water partition coefficient (Wildman–Crippen LogP) is 3.80. The van der Waals surface area contributed by atoms with E-state index in [1.807, 2.05) is 0 Å². The molecule has 0 aliphatic carbocycles. The van der Waals surface area contributed by atoms with Crippen molar-refractivity contribution in [2.45, 2.75) is 18.1 Å². The minimum Gasteiger partial charge on any atom is -0.315 e. The number of thiophene rings is 1. The second kappa shape index (κ2) is 7.38. The SMILES string of the molecule is Cc1cc(C(=O)CN(C)S(=O)(=O)c2cccs2)c(C)n1-c1ccccc1F. The van der Waals surface area contributed by atoms with Gasteiger partial charge in [0.05, 0.1) is 12.2 Å². The normalized spacial score (nSPS) is 11.9. The number of nitrogens with zero attached hydrogens (tertiary/aromatic N) is 2. The van der Waals surface area contributed by atoms with Crippen molar-refractivity contribution in [1.29, 1.82) is 0 Å². The summed E-state index contributed by atoms with van der Waals surface area (Å²) < 4.78 is 42.1. The summed E-state index contributed by atoms with van der Waals surface area (Å²) in [6.45, 7) is 3.21. The van der Waals surface area contributed by atoms with Gasteiger partial charge in [-0.1, -0.05) is 18.2 Å². The molecule has 2 aromatic heterocycles. The smallest absolute Gasteiger partial charge is 0.252 e. The van der Waals surface area contributed by atoms with Crippen molar-refractivity contribution < 1.29 is 17.6 Å². The zero-order valence-electron chi connectivity index (χ0n) is 15.1. The number of carbonyl (C=O) groups is 1. The Morgan fingerprint density at radius 1 is 1.19 bits per heavy atom. The number of sulfonamides is 1. The number of Topliss-reactive ketones (excluding diaryl/α,β-unsaturated/α-hetero) is 1. The molecule has 0 atom stereocenters. The molecule has 27 heavy (non-hydrogen) atoms. The molecule has 0 unspecified atom stereocenters. The molecule has 0 bridgehead atoms. The van der Waals surface area contributed by atoms with Gasteiger partial charge in [0.25, 0.3) is 10.0 Å². The Hall–Kier alpha value is -2.29. The van der Waals surface area contributed by atoms with Crippen LogP contribution in [0.2, 0.25) is 0 Å². The molecule has 142 valence electrons. The highest BCUT2D eigenvalue weighted by atomic mass is 32.2. The maximum Gasteiger partial charge on any atom is 0.252 e. The number of carbonyl (C=O) groups excluding carboxylic acids is 1. The molecule has 5 nitrogen and oxygen atoms in total. The molecule has 0 radical (unpaired) electrons. The summed E-state index contributed by atoms with van der Waals surface area (Å²) in [5.74, 6) is -0.732. The molecule has 0 amide bonds. The number of halogens is 1. The van der Waals surface area contributed by atoms with Crippen LogP contribution in [0.1, 0.15) is 21.7 Å². The molecular formula is C19H19FN2O3S2. The highest BCUT2D eigenvalue weighted by Crippen LogP contribution is 2.24. The first-order valence-corrected chi connectivity index (χ1v) is 10.5. The monoisotopic (exact) mass is 406 g/mol. The highest BCUT2D eigenvalue weighted by molar-refractivity contribution is 7.91. The molecule has 1 aromatic carbocycles. The van der Waals surface area contributed by atoms with Gasteiger partial charge in [0.15, 0.2) is 5.78 Å². The number of hydrogen-bond acceptors (Lipinski definition) is 4. The molecule has 8 heteroatoms. The number of para-hydroxylation sites is 1. The molecule has 3 rings (SSSR count). The van der Waals surface area contributed by atoms with Crippen LogP contribution < -0.4 is 0 Å². The van der Waals surface area contributed by atoms with Crippen LogP contribution in [-0.2, 0) is 10.0 Å². The predicted molar refractivity (Wildman–Crippen MR) is 104 cm³/mol. The summed E-state index contributed by atoms with van der Waals surface area (Å²) in [4.78, 5) is 12.8. The van der Waals surface area contributed by atoms with E-state index in [1.165, 1.54) is 19.2 Å². The van der Waals surface area contributed by atoms with Crippen molar-refractivity contribution in [3.63, 3.8) is 0 Å². The van der Waals surface area contributed by atoms with E-state index in [0.29, 0.717) is 22.6 Å². The largest absolute Gasteiger partial charge is 0.315 e. The summed E-state index contributed by atoms with van der Waals surface area (Å²) >= 11 is 1.10. The lowest BCUT2D eigenvalue weighted by Gasteiger charge is -2.15. The molecule has 0 saturated heterocycles. The van der Waals surface area contributed by atoms with E-state index in [2.05, 4.69) is 0 Å². The highest BCUT2D eigenvalue weighted by Gasteiger charge is 2.26. The second-order valence-electron chi connectivity index (χ2n) is 6.19. The van der Waals surface area contributed by atoms with Crippen LogP contribution in [0.25, 0.3) is 5.69 Å². The molecule has 0 aliphatic heterocycles. The Balaban J connectivity index is 1.91. The first-order chi connectivity index (χ1) is 12.7. The molecule has 0 spiro atoms. The Labute approximate surface area is 161 Å². The number of likely N-dealkylation sites (N-methyl/N-ethyl adjacent to an activating group) is 1. The lowest BCUT2D eigenvalue weighted by atomic mass is 10.1. The van der Waals surface area contributed by atoms with E-state index < -0.39 is 15.8 Å². The molecule has 0 saturated carbocycles. The van der Waals surface area contributed by atoms with Crippen LogP contribution in [0.4, 0.5) is 4.39 Å². The van der Waals surface area contributed by atoms with Crippen LogP contribution in [-0.4, -0.2) is 36.7 Å². The first-order valence-electron chi connectivity index (χ1n) is 8.20. The summed E-state index contributed by atoms with van der Waals surface area (Å²) in [6, 6.07) is 11.1. The Morgan fingerprint density at radius 3 is 2.52 bits per heavy atom. The first kappa shape index (κ1) is 19.5. The lowest BCUT2D eigenvalue weighted by molar-refractivity contribution is 0.0972. The second-order valence-corrected chi connectivity index (χ2v) is 9.41. The summed E-state index contributed by atoms with van der Waals surface area (Å²) in [5, 5.41) is 1.67. The van der Waals surface area contributed by atoms with Gasteiger partial charge < -0.3 is 4.57 Å². The van der Waals surface area contributed by atoms with Crippen molar-refractivity contribution >= 4 is 27.1 Å². The van der Waals surface area contributed by atoms with Gasteiger partial charge in [0, 0.05) is 24.0 Å². The standard InChI is InChI=1S/C19H19FN2O3S2/c1-13-11-15(14(2)22(13)17-8-5-4-7-16(17)20)18(23)12-21(3)27(24,25)19-9-6-10-26-19/h4-11H,12H2,1-3H3. The van der Waals surface area contributed by atoms with E-state index in [0.717, 1.165) is 15.6 Å². The number of ketones is 1. The molecule has 2 heterocycles. The fraction of sp³-hybridized carbons (Fsp3) is 0.211. The average Bonchev–Trinajstić information content (AvgIpc) is 3.25. The summed E-state index contributed by atoms with van der Waals surface area (Å²) in [5.41, 5.74) is 2.00. The molecule has 0 N–H and O–H groups in total. The van der Waals surface area contributed by atoms with Crippen LogP contribution in [0.3, 0.4) is 0 Å². The van der Waals surface area contributed by atoms with Gasteiger partial charge in [-0.05, 0) is 43.5 Å². The van der Waals surface area contributed by atoms with Crippen LogP contribution >= 0.6 is 11.3 Å². The van der Waals surface area contributed by atoms with Crippen molar-refractivity contribution in [1.82, 2.24) is 8.87 Å². The molecule has 0 aliphatic rings. The van der Waals surface area contributed by atoms with Gasteiger partial charge in [0.1, 0.15) is 10.0 Å². The van der Waals surface area contributed by atoms with E-state index >= 15 is 0 Å². The average molecular weight is 407 g/mol. The van der Waals surface area contributed by atoms with Gasteiger partial charge >= 0.3 is 0 Å². The maximum absolute atomic E-state index is 14.2. The minimum atomic E-state index is -3.71. The lowest BCUT2D eigenvalue weighted by Crippen LogP contribution is -2.32. The third kappa shape index (κ3) is 3.60. The quantitative estimate of drug-likeness (QED) is 0.585. The van der Waals surface area contributed by atoms with Crippen molar-refractivity contribution in [3.8, 4) is 5.69 Å².